The highest BCUT2D eigenvalue weighted by Gasteiger charge is 2.02. The molecule has 0 aromatic carbocycles. The summed E-state index contributed by atoms with van der Waals surface area (Å²) in [6.45, 7) is 0. The van der Waals surface area contributed by atoms with Gasteiger partial charge in [-0.2, -0.15) is 4.98 Å². The van der Waals surface area contributed by atoms with Gasteiger partial charge in [-0.15, -0.1) is 0 Å². The van der Waals surface area contributed by atoms with Crippen LogP contribution in [0.5, 0.6) is 6.01 Å². The smallest absolute Gasteiger partial charge is 0.295 e. The maximum Gasteiger partial charge on any atom is 0.295 e. The molecule has 0 amide bonds. The van der Waals surface area contributed by atoms with E-state index in [4.69, 9.17) is 10.5 Å². The number of pyridine rings is 1. The Labute approximate surface area is 68.6 Å². The number of aromatic nitrogens is 3. The lowest BCUT2D eigenvalue weighted by molar-refractivity contribution is 0.386. The monoisotopic (exact) mass is 164 g/mol. The Balaban J connectivity index is 2.67. The van der Waals surface area contributed by atoms with Gasteiger partial charge in [-0.1, -0.05) is 0 Å². The van der Waals surface area contributed by atoms with Crippen molar-refractivity contribution in [3.8, 4) is 6.01 Å². The average molecular weight is 164 g/mol. The van der Waals surface area contributed by atoms with Crippen LogP contribution >= 0.6 is 0 Å². The molecule has 0 aliphatic heterocycles. The summed E-state index contributed by atoms with van der Waals surface area (Å²) in [6, 6.07) is 2.21. The first-order valence-corrected chi connectivity index (χ1v) is 3.45. The molecule has 2 aromatic rings. The van der Waals surface area contributed by atoms with Gasteiger partial charge in [0.15, 0.2) is 5.65 Å². The van der Waals surface area contributed by atoms with Crippen molar-refractivity contribution in [3.05, 3.63) is 12.3 Å². The molecule has 62 valence electrons. The maximum absolute atomic E-state index is 5.52. The van der Waals surface area contributed by atoms with E-state index in [9.17, 15) is 0 Å². The van der Waals surface area contributed by atoms with Crippen molar-refractivity contribution in [2.24, 2.45) is 0 Å². The summed E-state index contributed by atoms with van der Waals surface area (Å²) in [5.74, 6) is 0. The predicted octanol–water partition coefficient (Wildman–Crippen LogP) is 0.549. The molecular weight excluding hydrogens is 156 g/mol. The molecule has 2 aromatic heterocycles. The van der Waals surface area contributed by atoms with Crippen molar-refractivity contribution in [2.45, 2.75) is 0 Å². The number of ether oxygens (including phenoxy) is 1. The minimum atomic E-state index is 0.447. The van der Waals surface area contributed by atoms with Crippen LogP contribution in [0, 0.1) is 0 Å². The van der Waals surface area contributed by atoms with Crippen LogP contribution in [-0.2, 0) is 0 Å². The third-order valence-corrected chi connectivity index (χ3v) is 1.53. The van der Waals surface area contributed by atoms with Crippen LogP contribution in [0.15, 0.2) is 12.3 Å². The molecule has 0 saturated heterocycles. The molecule has 0 spiro atoms. The van der Waals surface area contributed by atoms with Crippen molar-refractivity contribution >= 4 is 16.9 Å². The number of anilines is 1. The molecule has 2 rings (SSSR count). The largest absolute Gasteiger partial charge is 0.468 e. The summed E-state index contributed by atoms with van der Waals surface area (Å²) in [6.07, 6.45) is 1.56. The molecule has 0 radical (unpaired) electrons. The van der Waals surface area contributed by atoms with Crippen LogP contribution < -0.4 is 10.5 Å². The number of hydrogen-bond acceptors (Lipinski definition) is 4. The zero-order chi connectivity index (χ0) is 8.55. The number of fused-ring (bicyclic) bond motifs is 1. The third kappa shape index (κ3) is 0.952. The van der Waals surface area contributed by atoms with Gasteiger partial charge in [0.1, 0.15) is 0 Å². The van der Waals surface area contributed by atoms with Gasteiger partial charge in [0.2, 0.25) is 0 Å². The number of imidazole rings is 1. The number of rotatable bonds is 1. The zero-order valence-electron chi connectivity index (χ0n) is 6.53. The van der Waals surface area contributed by atoms with Crippen LogP contribution in [0.2, 0.25) is 0 Å². The van der Waals surface area contributed by atoms with E-state index in [1.165, 1.54) is 0 Å². The lowest BCUT2D eigenvalue weighted by Gasteiger charge is -1.88. The fraction of sp³-hybridized carbons (Fsp3) is 0.143. The minimum absolute atomic E-state index is 0.447. The Hall–Kier alpha value is -1.78. The molecule has 5 nitrogen and oxygen atoms in total. The molecular formula is C7H8N4O. The van der Waals surface area contributed by atoms with Crippen LogP contribution in [0.25, 0.3) is 11.2 Å². The van der Waals surface area contributed by atoms with E-state index in [-0.39, 0.29) is 0 Å². The van der Waals surface area contributed by atoms with Gasteiger partial charge in [-0.3, -0.25) is 0 Å². The highest BCUT2D eigenvalue weighted by molar-refractivity contribution is 5.74. The molecule has 5 heteroatoms. The lowest BCUT2D eigenvalue weighted by atomic mass is 10.4. The molecule has 0 aliphatic carbocycles. The molecule has 0 fully saturated rings. The quantitative estimate of drug-likeness (QED) is 0.645. The Morgan fingerprint density at radius 2 is 2.42 bits per heavy atom. The number of nitrogens with two attached hydrogens (primary N) is 1. The highest BCUT2D eigenvalue weighted by Crippen LogP contribution is 2.14. The third-order valence-electron chi connectivity index (χ3n) is 1.53. The van der Waals surface area contributed by atoms with E-state index < -0.39 is 0 Å². The number of hydrogen-bond donors (Lipinski definition) is 2. The van der Waals surface area contributed by atoms with E-state index in [0.717, 1.165) is 5.52 Å². The van der Waals surface area contributed by atoms with Crippen LogP contribution in [0.3, 0.4) is 0 Å². The molecule has 2 heterocycles. The second-order valence-corrected chi connectivity index (χ2v) is 2.39. The Morgan fingerprint density at radius 1 is 1.58 bits per heavy atom. The number of methoxy groups -OCH3 is 1. The maximum atomic E-state index is 5.52. The van der Waals surface area contributed by atoms with E-state index in [0.29, 0.717) is 17.3 Å². The van der Waals surface area contributed by atoms with Crippen molar-refractivity contribution in [1.29, 1.82) is 0 Å². The predicted molar refractivity (Wildman–Crippen MR) is 44.9 cm³/mol. The van der Waals surface area contributed by atoms with E-state index in [1.807, 2.05) is 0 Å². The van der Waals surface area contributed by atoms with Crippen LogP contribution in [0.1, 0.15) is 0 Å². The summed E-state index contributed by atoms with van der Waals surface area (Å²) in [5.41, 5.74) is 7.53. The molecule has 0 unspecified atom stereocenters. The van der Waals surface area contributed by atoms with E-state index in [1.54, 1.807) is 19.4 Å². The van der Waals surface area contributed by atoms with Gasteiger partial charge in [0.05, 0.1) is 24.5 Å². The second kappa shape index (κ2) is 2.37. The van der Waals surface area contributed by atoms with Crippen molar-refractivity contribution < 1.29 is 4.74 Å². The van der Waals surface area contributed by atoms with Crippen molar-refractivity contribution in [3.63, 3.8) is 0 Å². The Bertz CT molecular complexity index is 409. The van der Waals surface area contributed by atoms with Gasteiger partial charge in [-0.25, -0.2) is 4.98 Å². The number of nitrogens with zero attached hydrogens (tertiary/aromatic N) is 2. The Morgan fingerprint density at radius 3 is 3.17 bits per heavy atom. The first-order valence-electron chi connectivity index (χ1n) is 3.45. The first-order chi connectivity index (χ1) is 5.79. The fourth-order valence-corrected chi connectivity index (χ4v) is 0.991. The van der Waals surface area contributed by atoms with E-state index in [2.05, 4.69) is 15.0 Å². The number of aromatic amines is 1. The standard InChI is InChI=1S/C7H8N4O/c1-12-7-10-5-2-4(8)3-9-6(5)11-7/h2-3H,8H2,1H3,(H,9,10,11). The second-order valence-electron chi connectivity index (χ2n) is 2.39. The Kier molecular flexibility index (Phi) is 1.36. The molecule has 0 saturated carbocycles. The van der Waals surface area contributed by atoms with Gasteiger partial charge < -0.3 is 15.5 Å². The normalized spacial score (nSPS) is 10.4. The molecule has 0 atom stereocenters. The fourth-order valence-electron chi connectivity index (χ4n) is 0.991. The van der Waals surface area contributed by atoms with Gasteiger partial charge in [-0.05, 0) is 6.07 Å². The average Bonchev–Trinajstić information content (AvgIpc) is 2.46. The molecule has 3 N–H and O–H groups in total. The van der Waals surface area contributed by atoms with Crippen LogP contribution in [-0.4, -0.2) is 22.1 Å². The molecule has 12 heavy (non-hydrogen) atoms. The molecule has 0 aliphatic rings. The summed E-state index contributed by atoms with van der Waals surface area (Å²) in [4.78, 5) is 10.9. The van der Waals surface area contributed by atoms with Crippen molar-refractivity contribution in [1.82, 2.24) is 15.0 Å². The summed E-state index contributed by atoms with van der Waals surface area (Å²) >= 11 is 0. The lowest BCUT2D eigenvalue weighted by Crippen LogP contribution is -1.85. The minimum Gasteiger partial charge on any atom is -0.468 e. The number of nitrogens with one attached hydrogen (secondary N) is 1. The summed E-state index contributed by atoms with van der Waals surface area (Å²) < 4.78 is 4.89. The first kappa shape index (κ1) is 6.90. The number of H-pyrrole nitrogens is 1. The van der Waals surface area contributed by atoms with Gasteiger partial charge in [0.25, 0.3) is 6.01 Å². The zero-order valence-corrected chi connectivity index (χ0v) is 6.53. The summed E-state index contributed by atoms with van der Waals surface area (Å²) in [7, 11) is 1.54. The molecule has 0 bridgehead atoms. The van der Waals surface area contributed by atoms with E-state index >= 15 is 0 Å². The van der Waals surface area contributed by atoms with Crippen molar-refractivity contribution in [2.75, 3.05) is 12.8 Å². The summed E-state index contributed by atoms with van der Waals surface area (Å²) in [5, 5.41) is 0. The number of nitrogen functional groups attached to an aromatic ring is 1. The van der Waals surface area contributed by atoms with Crippen LogP contribution in [0.4, 0.5) is 5.69 Å². The SMILES string of the molecule is COc1nc2ncc(N)cc2[nH]1. The van der Waals surface area contributed by atoms with Gasteiger partial charge in [0, 0.05) is 0 Å². The highest BCUT2D eigenvalue weighted by atomic mass is 16.5. The van der Waals surface area contributed by atoms with Gasteiger partial charge >= 0.3 is 0 Å². The topological polar surface area (TPSA) is 76.8 Å².